The molecule has 1 aromatic heterocycles. The normalized spacial score (nSPS) is 16.5. The summed E-state index contributed by atoms with van der Waals surface area (Å²) in [5, 5.41) is 3.99. The van der Waals surface area contributed by atoms with Crippen LogP contribution in [0.5, 0.6) is 5.75 Å². The second-order valence-corrected chi connectivity index (χ2v) is 6.35. The molecule has 0 bridgehead atoms. The largest absolute Gasteiger partial charge is 0.497 e. The molecule has 7 heteroatoms. The quantitative estimate of drug-likeness (QED) is 0.700. The fraction of sp³-hybridized carbons (Fsp3) is 0.250. The number of benzene rings is 2. The van der Waals surface area contributed by atoms with Crippen molar-refractivity contribution in [1.29, 1.82) is 0 Å². The molecule has 1 aliphatic heterocycles. The van der Waals surface area contributed by atoms with Crippen molar-refractivity contribution in [2.45, 2.75) is 18.9 Å². The van der Waals surface area contributed by atoms with Crippen molar-refractivity contribution in [2.24, 2.45) is 0 Å². The number of carbonyl (C=O) groups excluding carboxylic acids is 1. The number of nitrogens with zero attached hydrogens (tertiary/aromatic N) is 3. The molecule has 0 saturated carbocycles. The Balaban J connectivity index is 1.58. The Bertz CT molecular complexity index is 955. The van der Waals surface area contributed by atoms with E-state index in [0.29, 0.717) is 35.1 Å². The lowest BCUT2D eigenvalue weighted by Crippen LogP contribution is -2.30. The molecule has 0 aliphatic carbocycles. The van der Waals surface area contributed by atoms with Crippen molar-refractivity contribution < 1.29 is 18.4 Å². The van der Waals surface area contributed by atoms with E-state index in [1.807, 2.05) is 0 Å². The molecule has 4 rings (SSSR count). The molecule has 0 spiro atoms. The molecular formula is C20H18FN3O3. The number of carbonyl (C=O) groups is 1. The summed E-state index contributed by atoms with van der Waals surface area (Å²) >= 11 is 0. The summed E-state index contributed by atoms with van der Waals surface area (Å²) in [4.78, 5) is 19.1. The number of ether oxygens (including phenoxy) is 1. The highest BCUT2D eigenvalue weighted by molar-refractivity contribution is 5.95. The molecule has 2 aromatic carbocycles. The number of halogens is 1. The van der Waals surface area contributed by atoms with Crippen molar-refractivity contribution in [1.82, 2.24) is 15.0 Å². The SMILES string of the molecule is COc1cccc(C(=O)N2CCC[C@H]2c2nc(-c3ccc(F)cc3)no2)c1. The molecular weight excluding hydrogens is 349 g/mol. The van der Waals surface area contributed by atoms with Gasteiger partial charge in [0.25, 0.3) is 5.91 Å². The van der Waals surface area contributed by atoms with Crippen LogP contribution < -0.4 is 4.74 Å². The number of methoxy groups -OCH3 is 1. The molecule has 6 nitrogen and oxygen atoms in total. The topological polar surface area (TPSA) is 68.5 Å². The lowest BCUT2D eigenvalue weighted by Gasteiger charge is -2.22. The molecule has 27 heavy (non-hydrogen) atoms. The lowest BCUT2D eigenvalue weighted by atomic mass is 10.1. The van der Waals surface area contributed by atoms with Crippen molar-refractivity contribution in [3.63, 3.8) is 0 Å². The van der Waals surface area contributed by atoms with E-state index in [-0.39, 0.29) is 17.8 Å². The third-order valence-electron chi connectivity index (χ3n) is 4.66. The molecule has 0 unspecified atom stereocenters. The number of aromatic nitrogens is 2. The predicted octanol–water partition coefficient (Wildman–Crippen LogP) is 3.86. The van der Waals surface area contributed by atoms with Gasteiger partial charge in [0.15, 0.2) is 0 Å². The zero-order valence-corrected chi connectivity index (χ0v) is 14.8. The first-order chi connectivity index (χ1) is 13.2. The first kappa shape index (κ1) is 17.2. The third kappa shape index (κ3) is 3.40. The maximum Gasteiger partial charge on any atom is 0.254 e. The first-order valence-corrected chi connectivity index (χ1v) is 8.70. The van der Waals surface area contributed by atoms with Gasteiger partial charge in [0.1, 0.15) is 17.6 Å². The second kappa shape index (κ2) is 7.19. The Kier molecular flexibility index (Phi) is 4.58. The summed E-state index contributed by atoms with van der Waals surface area (Å²) in [7, 11) is 1.57. The Morgan fingerprint density at radius 1 is 1.26 bits per heavy atom. The first-order valence-electron chi connectivity index (χ1n) is 8.70. The molecule has 0 radical (unpaired) electrons. The third-order valence-corrected chi connectivity index (χ3v) is 4.66. The smallest absolute Gasteiger partial charge is 0.254 e. The second-order valence-electron chi connectivity index (χ2n) is 6.35. The van der Waals surface area contributed by atoms with E-state index in [4.69, 9.17) is 9.26 Å². The molecule has 1 saturated heterocycles. The zero-order chi connectivity index (χ0) is 18.8. The van der Waals surface area contributed by atoms with Crippen LogP contribution in [0.4, 0.5) is 4.39 Å². The van der Waals surface area contributed by atoms with Crippen molar-refractivity contribution >= 4 is 5.91 Å². The van der Waals surface area contributed by atoms with E-state index in [0.717, 1.165) is 12.8 Å². The van der Waals surface area contributed by atoms with E-state index < -0.39 is 0 Å². The number of likely N-dealkylation sites (tertiary alicyclic amines) is 1. The van der Waals surface area contributed by atoms with Crippen molar-refractivity contribution in [3.8, 4) is 17.1 Å². The zero-order valence-electron chi connectivity index (χ0n) is 14.8. The van der Waals surface area contributed by atoms with Gasteiger partial charge in [-0.3, -0.25) is 4.79 Å². The van der Waals surface area contributed by atoms with Crippen LogP contribution in [0.3, 0.4) is 0 Å². The summed E-state index contributed by atoms with van der Waals surface area (Å²) in [5.41, 5.74) is 1.22. The Morgan fingerprint density at radius 3 is 2.85 bits per heavy atom. The maximum absolute atomic E-state index is 13.1. The van der Waals surface area contributed by atoms with Gasteiger partial charge in [-0.2, -0.15) is 4.98 Å². The van der Waals surface area contributed by atoms with Gasteiger partial charge in [0.2, 0.25) is 11.7 Å². The number of hydrogen-bond acceptors (Lipinski definition) is 5. The Morgan fingerprint density at radius 2 is 2.07 bits per heavy atom. The molecule has 1 amide bonds. The highest BCUT2D eigenvalue weighted by Crippen LogP contribution is 2.33. The summed E-state index contributed by atoms with van der Waals surface area (Å²) in [6, 6.07) is 12.7. The van der Waals surface area contributed by atoms with Gasteiger partial charge in [0, 0.05) is 17.7 Å². The van der Waals surface area contributed by atoms with Gasteiger partial charge in [-0.1, -0.05) is 11.2 Å². The standard InChI is InChI=1S/C20H18FN3O3/c1-26-16-5-2-4-14(12-16)20(25)24-11-3-6-17(24)19-22-18(23-27-19)13-7-9-15(21)10-8-13/h2,4-5,7-10,12,17H,3,6,11H2,1H3/t17-/m0/s1. The van der Waals surface area contributed by atoms with Gasteiger partial charge in [-0.15, -0.1) is 0 Å². The summed E-state index contributed by atoms with van der Waals surface area (Å²) in [6.45, 7) is 0.620. The Labute approximate surface area is 155 Å². The van der Waals surface area contributed by atoms with Crippen LogP contribution >= 0.6 is 0 Å². The van der Waals surface area contributed by atoms with Gasteiger partial charge >= 0.3 is 0 Å². The van der Waals surface area contributed by atoms with E-state index in [1.54, 1.807) is 48.4 Å². The molecule has 2 heterocycles. The van der Waals surface area contributed by atoms with Crippen molar-refractivity contribution in [2.75, 3.05) is 13.7 Å². The molecule has 1 fully saturated rings. The highest BCUT2D eigenvalue weighted by atomic mass is 19.1. The number of amides is 1. The van der Waals surface area contributed by atoms with Crippen LogP contribution in [0.1, 0.15) is 35.1 Å². The van der Waals surface area contributed by atoms with Crippen LogP contribution in [0, 0.1) is 5.82 Å². The summed E-state index contributed by atoms with van der Waals surface area (Å²) in [6.07, 6.45) is 1.61. The van der Waals surface area contributed by atoms with Gasteiger partial charge < -0.3 is 14.2 Å². The fourth-order valence-electron chi connectivity index (χ4n) is 3.28. The molecule has 1 aliphatic rings. The van der Waals surface area contributed by atoms with E-state index in [1.165, 1.54) is 12.1 Å². The van der Waals surface area contributed by atoms with Gasteiger partial charge in [-0.05, 0) is 55.3 Å². The minimum atomic E-state index is -0.326. The minimum absolute atomic E-state index is 0.0991. The molecule has 3 aromatic rings. The average Bonchev–Trinajstić information content (AvgIpc) is 3.37. The fourth-order valence-corrected chi connectivity index (χ4v) is 3.28. The van der Waals surface area contributed by atoms with Crippen LogP contribution in [0.15, 0.2) is 53.1 Å². The van der Waals surface area contributed by atoms with Crippen molar-refractivity contribution in [3.05, 3.63) is 65.8 Å². The van der Waals surface area contributed by atoms with Crippen LogP contribution in [0.2, 0.25) is 0 Å². The van der Waals surface area contributed by atoms with Crippen LogP contribution in [0.25, 0.3) is 11.4 Å². The van der Waals surface area contributed by atoms with E-state index in [2.05, 4.69) is 10.1 Å². The average molecular weight is 367 g/mol. The maximum atomic E-state index is 13.1. The van der Waals surface area contributed by atoms with Crippen LogP contribution in [-0.4, -0.2) is 34.6 Å². The predicted molar refractivity (Wildman–Crippen MR) is 95.7 cm³/mol. The number of rotatable bonds is 4. The van der Waals surface area contributed by atoms with Crippen LogP contribution in [-0.2, 0) is 0 Å². The highest BCUT2D eigenvalue weighted by Gasteiger charge is 2.34. The summed E-state index contributed by atoms with van der Waals surface area (Å²) < 4.78 is 23.7. The molecule has 138 valence electrons. The molecule has 1 atom stereocenters. The van der Waals surface area contributed by atoms with Gasteiger partial charge in [0.05, 0.1) is 7.11 Å². The van der Waals surface area contributed by atoms with E-state index in [9.17, 15) is 9.18 Å². The summed E-state index contributed by atoms with van der Waals surface area (Å²) in [5.74, 6) is 0.980. The Hall–Kier alpha value is -3.22. The number of hydrogen-bond donors (Lipinski definition) is 0. The minimum Gasteiger partial charge on any atom is -0.497 e. The monoisotopic (exact) mass is 367 g/mol. The molecule has 0 N–H and O–H groups in total. The van der Waals surface area contributed by atoms with Gasteiger partial charge in [-0.25, -0.2) is 4.39 Å². The lowest BCUT2D eigenvalue weighted by molar-refractivity contribution is 0.0709. The van der Waals surface area contributed by atoms with E-state index >= 15 is 0 Å².